The van der Waals surface area contributed by atoms with Crippen LogP contribution in [0.5, 0.6) is 0 Å². The standard InChI is InChI=1S/C18H15ClN6O2S/c19-12-5-2-1-4-11(12)17-21-16(27-23-17)9-24-18(26)14-8-13(15-6-3-7-28-15)22-25(14)10-20-24/h1-7,10,13-14,22H,8-9H2. The lowest BCUT2D eigenvalue weighted by Gasteiger charge is -2.29. The van der Waals surface area contributed by atoms with Gasteiger partial charge in [0.05, 0.1) is 11.1 Å². The van der Waals surface area contributed by atoms with Crippen LogP contribution in [0.2, 0.25) is 5.02 Å². The zero-order chi connectivity index (χ0) is 19.1. The first-order valence-corrected chi connectivity index (χ1v) is 9.95. The van der Waals surface area contributed by atoms with Gasteiger partial charge < -0.3 is 4.52 Å². The minimum atomic E-state index is -0.310. The van der Waals surface area contributed by atoms with Gasteiger partial charge in [-0.3, -0.25) is 9.80 Å². The van der Waals surface area contributed by atoms with Gasteiger partial charge in [-0.1, -0.05) is 35.0 Å². The number of fused-ring (bicyclic) bond motifs is 1. The summed E-state index contributed by atoms with van der Waals surface area (Å²) >= 11 is 7.85. The molecular weight excluding hydrogens is 400 g/mol. The molecule has 4 heterocycles. The van der Waals surface area contributed by atoms with E-state index in [0.717, 1.165) is 0 Å². The summed E-state index contributed by atoms with van der Waals surface area (Å²) < 4.78 is 5.30. The van der Waals surface area contributed by atoms with Crippen LogP contribution in [0.15, 0.2) is 51.4 Å². The van der Waals surface area contributed by atoms with E-state index < -0.39 is 0 Å². The number of hydrazine groups is 1. The molecule has 0 radical (unpaired) electrons. The number of nitrogens with one attached hydrogen (secondary N) is 1. The first-order chi connectivity index (χ1) is 13.7. The highest BCUT2D eigenvalue weighted by Crippen LogP contribution is 2.32. The van der Waals surface area contributed by atoms with Gasteiger partial charge in [0.15, 0.2) is 0 Å². The van der Waals surface area contributed by atoms with Crippen molar-refractivity contribution in [1.82, 2.24) is 25.6 Å². The van der Waals surface area contributed by atoms with Gasteiger partial charge >= 0.3 is 0 Å². The molecule has 8 nitrogen and oxygen atoms in total. The molecular formula is C18H15ClN6O2S. The summed E-state index contributed by atoms with van der Waals surface area (Å²) in [5.41, 5.74) is 4.00. The Morgan fingerprint density at radius 2 is 2.18 bits per heavy atom. The van der Waals surface area contributed by atoms with E-state index >= 15 is 0 Å². The molecule has 2 aliphatic rings. The predicted octanol–water partition coefficient (Wildman–Crippen LogP) is 3.06. The summed E-state index contributed by atoms with van der Waals surface area (Å²) in [6.45, 7) is 0.112. The Labute approximate surface area is 169 Å². The molecule has 142 valence electrons. The summed E-state index contributed by atoms with van der Waals surface area (Å²) in [5.74, 6) is 0.581. The first-order valence-electron chi connectivity index (χ1n) is 8.70. The van der Waals surface area contributed by atoms with E-state index in [9.17, 15) is 4.79 Å². The van der Waals surface area contributed by atoms with Crippen LogP contribution in [0.3, 0.4) is 0 Å². The maximum absolute atomic E-state index is 12.9. The Bertz CT molecular complexity index is 1040. The molecule has 2 unspecified atom stereocenters. The maximum atomic E-state index is 12.9. The molecule has 1 amide bonds. The Kier molecular flexibility index (Phi) is 4.34. The van der Waals surface area contributed by atoms with Crippen LogP contribution in [-0.4, -0.2) is 38.4 Å². The second-order valence-corrected chi connectivity index (χ2v) is 7.86. The number of aromatic nitrogens is 2. The van der Waals surface area contributed by atoms with Gasteiger partial charge in [-0.2, -0.15) is 10.1 Å². The number of halogens is 1. The van der Waals surface area contributed by atoms with E-state index in [2.05, 4.69) is 26.7 Å². The molecule has 0 bridgehead atoms. The Morgan fingerprint density at radius 3 is 3.00 bits per heavy atom. The lowest BCUT2D eigenvalue weighted by molar-refractivity contribution is -0.137. The number of amides is 1. The number of hydrogen-bond acceptors (Lipinski definition) is 8. The minimum Gasteiger partial charge on any atom is -0.337 e. The number of hydrogen-bond donors (Lipinski definition) is 1. The highest BCUT2D eigenvalue weighted by molar-refractivity contribution is 7.10. The van der Waals surface area contributed by atoms with E-state index in [1.165, 1.54) is 9.89 Å². The molecule has 0 aliphatic carbocycles. The first kappa shape index (κ1) is 17.4. The van der Waals surface area contributed by atoms with E-state index in [1.807, 2.05) is 29.6 Å². The van der Waals surface area contributed by atoms with Gasteiger partial charge in [0.1, 0.15) is 18.9 Å². The van der Waals surface area contributed by atoms with Crippen LogP contribution in [0.25, 0.3) is 11.4 Å². The zero-order valence-electron chi connectivity index (χ0n) is 14.5. The smallest absolute Gasteiger partial charge is 0.267 e. The average Bonchev–Trinajstić information content (AvgIpc) is 3.44. The monoisotopic (exact) mass is 414 g/mol. The minimum absolute atomic E-state index is 0.105. The van der Waals surface area contributed by atoms with Gasteiger partial charge in [-0.05, 0) is 23.6 Å². The Morgan fingerprint density at radius 1 is 1.29 bits per heavy atom. The van der Waals surface area contributed by atoms with Crippen molar-refractivity contribution >= 4 is 35.2 Å². The lowest BCUT2D eigenvalue weighted by Crippen LogP contribution is -2.50. The molecule has 2 aliphatic heterocycles. The largest absolute Gasteiger partial charge is 0.337 e. The number of nitrogens with zero attached hydrogens (tertiary/aromatic N) is 5. The van der Waals surface area contributed by atoms with Crippen molar-refractivity contribution in [2.24, 2.45) is 5.10 Å². The SMILES string of the molecule is O=C1C2CC(c3cccs3)NN2C=NN1Cc1nc(-c2ccccc2Cl)no1. The molecule has 0 saturated carbocycles. The second kappa shape index (κ2) is 7.01. The van der Waals surface area contributed by atoms with Crippen molar-refractivity contribution in [3.05, 3.63) is 57.6 Å². The number of carbonyl (C=O) groups excluding carboxylic acids is 1. The normalized spacial score (nSPS) is 21.4. The maximum Gasteiger partial charge on any atom is 0.267 e. The number of benzene rings is 1. The van der Waals surface area contributed by atoms with E-state index in [4.69, 9.17) is 16.1 Å². The van der Waals surface area contributed by atoms with Crippen molar-refractivity contribution in [1.29, 1.82) is 0 Å². The molecule has 3 aromatic rings. The fourth-order valence-corrected chi connectivity index (χ4v) is 4.33. The third-order valence-corrected chi connectivity index (χ3v) is 6.02. The van der Waals surface area contributed by atoms with Crippen LogP contribution in [0.4, 0.5) is 0 Å². The van der Waals surface area contributed by atoms with Crippen molar-refractivity contribution in [2.45, 2.75) is 25.0 Å². The second-order valence-electron chi connectivity index (χ2n) is 6.47. The van der Waals surface area contributed by atoms with Gasteiger partial charge in [-0.25, -0.2) is 10.4 Å². The number of thiophene rings is 1. The summed E-state index contributed by atoms with van der Waals surface area (Å²) in [4.78, 5) is 18.4. The molecule has 5 rings (SSSR count). The van der Waals surface area contributed by atoms with Crippen LogP contribution < -0.4 is 5.43 Å². The summed E-state index contributed by atoms with van der Waals surface area (Å²) in [7, 11) is 0. The van der Waals surface area contributed by atoms with Crippen LogP contribution in [0, 0.1) is 0 Å². The molecule has 10 heteroatoms. The van der Waals surface area contributed by atoms with Crippen LogP contribution in [-0.2, 0) is 11.3 Å². The average molecular weight is 415 g/mol. The van der Waals surface area contributed by atoms with Crippen molar-refractivity contribution in [3.8, 4) is 11.4 Å². The molecule has 1 aromatic carbocycles. The van der Waals surface area contributed by atoms with Crippen molar-refractivity contribution < 1.29 is 9.32 Å². The predicted molar refractivity (Wildman–Crippen MR) is 104 cm³/mol. The van der Waals surface area contributed by atoms with Gasteiger partial charge in [0.2, 0.25) is 11.7 Å². The molecule has 1 N–H and O–H groups in total. The summed E-state index contributed by atoms with van der Waals surface area (Å²) in [6.07, 6.45) is 2.31. The molecule has 2 aromatic heterocycles. The van der Waals surface area contributed by atoms with Gasteiger partial charge in [-0.15, -0.1) is 11.3 Å². The third kappa shape index (κ3) is 3.07. The fraction of sp³-hybridized carbons (Fsp3) is 0.222. The molecule has 28 heavy (non-hydrogen) atoms. The van der Waals surface area contributed by atoms with Crippen LogP contribution in [0.1, 0.15) is 23.2 Å². The van der Waals surface area contributed by atoms with E-state index in [1.54, 1.807) is 28.8 Å². The quantitative estimate of drug-likeness (QED) is 0.706. The van der Waals surface area contributed by atoms with Crippen molar-refractivity contribution in [3.63, 3.8) is 0 Å². The molecule has 0 spiro atoms. The van der Waals surface area contributed by atoms with E-state index in [0.29, 0.717) is 28.7 Å². The molecule has 1 fully saturated rings. The highest BCUT2D eigenvalue weighted by Gasteiger charge is 2.41. The van der Waals surface area contributed by atoms with Gasteiger partial charge in [0.25, 0.3) is 5.91 Å². The Balaban J connectivity index is 1.31. The third-order valence-electron chi connectivity index (χ3n) is 4.71. The Hall–Kier alpha value is -2.75. The number of rotatable bonds is 4. The molecule has 1 saturated heterocycles. The summed E-state index contributed by atoms with van der Waals surface area (Å²) in [6, 6.07) is 11.1. The summed E-state index contributed by atoms with van der Waals surface area (Å²) in [5, 5.41) is 13.9. The number of hydrazone groups is 1. The zero-order valence-corrected chi connectivity index (χ0v) is 16.1. The topological polar surface area (TPSA) is 86.9 Å². The highest BCUT2D eigenvalue weighted by atomic mass is 35.5. The fourth-order valence-electron chi connectivity index (χ4n) is 3.33. The number of carbonyl (C=O) groups is 1. The van der Waals surface area contributed by atoms with Crippen molar-refractivity contribution in [2.75, 3.05) is 0 Å². The van der Waals surface area contributed by atoms with Crippen LogP contribution >= 0.6 is 22.9 Å². The molecule has 2 atom stereocenters. The van der Waals surface area contributed by atoms with E-state index in [-0.39, 0.29) is 24.5 Å². The lowest BCUT2D eigenvalue weighted by atomic mass is 10.1. The van der Waals surface area contributed by atoms with Gasteiger partial charge in [0, 0.05) is 16.9 Å².